The second-order valence-corrected chi connectivity index (χ2v) is 7.48. The molecule has 3 rings (SSSR count). The first-order valence-corrected chi connectivity index (χ1v) is 10.1. The number of methoxy groups -OCH3 is 1. The van der Waals surface area contributed by atoms with Gasteiger partial charge in [-0.1, -0.05) is 18.6 Å². The summed E-state index contributed by atoms with van der Waals surface area (Å²) >= 11 is 0. The van der Waals surface area contributed by atoms with Gasteiger partial charge in [0.1, 0.15) is 5.75 Å². The SMILES string of the molecule is CCNC(=NCC(O)c1cccc(OC)c1)NC1CC(OCC)C12CCC2.I. The number of aliphatic hydroxyl groups excluding tert-OH is 1. The molecule has 3 unspecified atom stereocenters. The Kier molecular flexibility index (Phi) is 8.82. The van der Waals surface area contributed by atoms with Gasteiger partial charge in [0.15, 0.2) is 5.96 Å². The molecule has 158 valence electrons. The van der Waals surface area contributed by atoms with E-state index in [1.165, 1.54) is 19.3 Å². The average molecular weight is 503 g/mol. The molecule has 2 aliphatic rings. The molecule has 28 heavy (non-hydrogen) atoms. The fourth-order valence-corrected chi connectivity index (χ4v) is 4.26. The highest BCUT2D eigenvalue weighted by atomic mass is 127. The third-order valence-electron chi connectivity index (χ3n) is 5.99. The first kappa shape index (κ1) is 23.2. The predicted molar refractivity (Wildman–Crippen MR) is 123 cm³/mol. The van der Waals surface area contributed by atoms with Crippen LogP contribution in [0.25, 0.3) is 0 Å². The lowest BCUT2D eigenvalue weighted by molar-refractivity contribution is -0.168. The summed E-state index contributed by atoms with van der Waals surface area (Å²) in [7, 11) is 1.63. The van der Waals surface area contributed by atoms with E-state index in [1.54, 1.807) is 7.11 Å². The summed E-state index contributed by atoms with van der Waals surface area (Å²) < 4.78 is 11.2. The molecule has 1 aromatic rings. The molecule has 1 aromatic carbocycles. The molecule has 3 N–H and O–H groups in total. The molecule has 2 saturated carbocycles. The molecule has 0 bridgehead atoms. The van der Waals surface area contributed by atoms with E-state index < -0.39 is 6.10 Å². The van der Waals surface area contributed by atoms with Gasteiger partial charge in [-0.25, -0.2) is 0 Å². The van der Waals surface area contributed by atoms with Crippen LogP contribution >= 0.6 is 24.0 Å². The molecule has 0 aliphatic heterocycles. The van der Waals surface area contributed by atoms with Crippen LogP contribution in [0.3, 0.4) is 0 Å². The van der Waals surface area contributed by atoms with Gasteiger partial charge in [0.2, 0.25) is 0 Å². The summed E-state index contributed by atoms with van der Waals surface area (Å²) in [6, 6.07) is 7.89. The zero-order valence-electron chi connectivity index (χ0n) is 17.1. The van der Waals surface area contributed by atoms with Crippen molar-refractivity contribution < 1.29 is 14.6 Å². The Hall–Kier alpha value is -1.06. The van der Waals surface area contributed by atoms with Crippen molar-refractivity contribution in [3.63, 3.8) is 0 Å². The first-order valence-electron chi connectivity index (χ1n) is 10.1. The molecular weight excluding hydrogens is 469 g/mol. The number of halogens is 1. The van der Waals surface area contributed by atoms with Crippen LogP contribution in [-0.2, 0) is 4.74 Å². The lowest BCUT2D eigenvalue weighted by Crippen LogP contribution is -2.68. The fourth-order valence-electron chi connectivity index (χ4n) is 4.26. The highest BCUT2D eigenvalue weighted by Gasteiger charge is 2.59. The van der Waals surface area contributed by atoms with Gasteiger partial charge in [-0.05, 0) is 50.8 Å². The Morgan fingerprint density at radius 1 is 1.36 bits per heavy atom. The molecule has 2 fully saturated rings. The summed E-state index contributed by atoms with van der Waals surface area (Å²) in [6.07, 6.45) is 4.47. The minimum Gasteiger partial charge on any atom is -0.497 e. The highest BCUT2D eigenvalue weighted by molar-refractivity contribution is 14.0. The Morgan fingerprint density at radius 2 is 2.14 bits per heavy atom. The van der Waals surface area contributed by atoms with Gasteiger partial charge >= 0.3 is 0 Å². The molecule has 0 aromatic heterocycles. The van der Waals surface area contributed by atoms with E-state index in [2.05, 4.69) is 29.5 Å². The number of guanidine groups is 1. The van der Waals surface area contributed by atoms with Crippen LogP contribution in [-0.4, -0.2) is 50.0 Å². The van der Waals surface area contributed by atoms with Crippen molar-refractivity contribution in [1.29, 1.82) is 0 Å². The molecule has 2 aliphatic carbocycles. The molecule has 0 radical (unpaired) electrons. The van der Waals surface area contributed by atoms with E-state index in [0.717, 1.165) is 36.8 Å². The van der Waals surface area contributed by atoms with E-state index in [0.29, 0.717) is 18.7 Å². The predicted octanol–water partition coefficient (Wildman–Crippen LogP) is 3.25. The fraction of sp³-hybridized carbons (Fsp3) is 0.667. The molecule has 0 amide bonds. The second kappa shape index (κ2) is 10.6. The van der Waals surface area contributed by atoms with Crippen LogP contribution in [0.15, 0.2) is 29.3 Å². The zero-order valence-corrected chi connectivity index (χ0v) is 19.4. The maximum absolute atomic E-state index is 10.5. The topological polar surface area (TPSA) is 75.1 Å². The Morgan fingerprint density at radius 3 is 2.75 bits per heavy atom. The van der Waals surface area contributed by atoms with Crippen molar-refractivity contribution in [2.24, 2.45) is 10.4 Å². The summed E-state index contributed by atoms with van der Waals surface area (Å²) in [6.45, 7) is 5.99. The zero-order chi connectivity index (χ0) is 19.3. The molecular formula is C21H34IN3O3. The number of benzene rings is 1. The van der Waals surface area contributed by atoms with Crippen molar-refractivity contribution in [3.8, 4) is 5.75 Å². The standard InChI is InChI=1S/C21H33N3O3.HI/c1-4-22-20(23-14-17(25)15-8-6-9-16(12-15)26-3)24-18-13-19(27-5-2)21(18)10-7-11-21;/h6,8-9,12,17-19,25H,4-5,7,10-11,13-14H2,1-3H3,(H2,22,23,24);1H. The summed E-state index contributed by atoms with van der Waals surface area (Å²) in [5.74, 6) is 1.51. The Bertz CT molecular complexity index is 652. The Labute approximate surface area is 185 Å². The number of nitrogens with one attached hydrogen (secondary N) is 2. The van der Waals surface area contributed by atoms with E-state index in [9.17, 15) is 5.11 Å². The maximum atomic E-state index is 10.5. The van der Waals surface area contributed by atoms with Gasteiger partial charge in [-0.3, -0.25) is 4.99 Å². The number of hydrogen-bond donors (Lipinski definition) is 3. The van der Waals surface area contributed by atoms with Gasteiger partial charge in [0, 0.05) is 24.6 Å². The highest BCUT2D eigenvalue weighted by Crippen LogP contribution is 2.57. The van der Waals surface area contributed by atoms with Crippen molar-refractivity contribution in [3.05, 3.63) is 29.8 Å². The van der Waals surface area contributed by atoms with Crippen LogP contribution in [0.5, 0.6) is 5.75 Å². The van der Waals surface area contributed by atoms with E-state index in [1.807, 2.05) is 24.3 Å². The minimum absolute atomic E-state index is 0. The van der Waals surface area contributed by atoms with Gasteiger partial charge in [0.05, 0.1) is 25.9 Å². The third kappa shape index (κ3) is 4.91. The van der Waals surface area contributed by atoms with E-state index in [4.69, 9.17) is 9.47 Å². The van der Waals surface area contributed by atoms with E-state index in [-0.39, 0.29) is 29.4 Å². The van der Waals surface area contributed by atoms with Crippen molar-refractivity contribution in [2.75, 3.05) is 26.8 Å². The minimum atomic E-state index is -0.661. The molecule has 0 saturated heterocycles. The molecule has 3 atom stereocenters. The molecule has 0 heterocycles. The number of nitrogens with zero attached hydrogens (tertiary/aromatic N) is 1. The normalized spacial score (nSPS) is 23.8. The van der Waals surface area contributed by atoms with Crippen LogP contribution in [0.1, 0.15) is 51.2 Å². The number of rotatable bonds is 8. The van der Waals surface area contributed by atoms with E-state index >= 15 is 0 Å². The first-order chi connectivity index (χ1) is 13.1. The lowest BCUT2D eigenvalue weighted by Gasteiger charge is -2.61. The largest absolute Gasteiger partial charge is 0.497 e. The van der Waals surface area contributed by atoms with Gasteiger partial charge in [-0.15, -0.1) is 24.0 Å². The average Bonchev–Trinajstić information content (AvgIpc) is 2.63. The van der Waals surface area contributed by atoms with Crippen LogP contribution in [0, 0.1) is 5.41 Å². The van der Waals surface area contributed by atoms with Gasteiger partial charge < -0.3 is 25.2 Å². The second-order valence-electron chi connectivity index (χ2n) is 7.48. The van der Waals surface area contributed by atoms with Crippen molar-refractivity contribution in [2.45, 2.75) is 57.8 Å². The van der Waals surface area contributed by atoms with Gasteiger partial charge in [0.25, 0.3) is 0 Å². The smallest absolute Gasteiger partial charge is 0.191 e. The maximum Gasteiger partial charge on any atom is 0.191 e. The van der Waals surface area contributed by atoms with Crippen molar-refractivity contribution >= 4 is 29.9 Å². The third-order valence-corrected chi connectivity index (χ3v) is 5.99. The summed E-state index contributed by atoms with van der Waals surface area (Å²) in [4.78, 5) is 4.62. The molecule has 7 heteroatoms. The monoisotopic (exact) mass is 503 g/mol. The Balaban J connectivity index is 0.00000280. The summed E-state index contributed by atoms with van der Waals surface area (Å²) in [5, 5.41) is 17.4. The number of aliphatic imine (C=N–C) groups is 1. The quantitative estimate of drug-likeness (QED) is 0.289. The molecule has 6 nitrogen and oxygen atoms in total. The van der Waals surface area contributed by atoms with Gasteiger partial charge in [-0.2, -0.15) is 0 Å². The van der Waals surface area contributed by atoms with Crippen LogP contribution in [0.4, 0.5) is 0 Å². The number of hydrogen-bond acceptors (Lipinski definition) is 4. The summed E-state index contributed by atoms with van der Waals surface area (Å²) in [5.41, 5.74) is 1.09. The van der Waals surface area contributed by atoms with Crippen LogP contribution < -0.4 is 15.4 Å². The van der Waals surface area contributed by atoms with Crippen molar-refractivity contribution in [1.82, 2.24) is 10.6 Å². The number of aliphatic hydroxyl groups is 1. The molecule has 1 spiro atoms. The number of ether oxygens (including phenoxy) is 2. The lowest BCUT2D eigenvalue weighted by atomic mass is 9.51. The van der Waals surface area contributed by atoms with Crippen LogP contribution in [0.2, 0.25) is 0 Å².